The molecule has 0 saturated carbocycles. The van der Waals surface area contributed by atoms with E-state index in [0.717, 1.165) is 5.01 Å². The van der Waals surface area contributed by atoms with Crippen molar-refractivity contribution in [2.24, 2.45) is 0 Å². The van der Waals surface area contributed by atoms with Crippen molar-refractivity contribution in [2.45, 2.75) is 52.0 Å². The monoisotopic (exact) mass is 482 g/mol. The Balaban J connectivity index is 1.83. The summed E-state index contributed by atoms with van der Waals surface area (Å²) in [7, 11) is -1.01. The molecule has 0 radical (unpaired) electrons. The fourth-order valence-corrected chi connectivity index (χ4v) is 9.13. The van der Waals surface area contributed by atoms with Gasteiger partial charge in [0.2, 0.25) is 5.13 Å². The SMILES string of the molecule is CN(C(=O)NCO[Si](c1ccccc1)(c1ccccc1)C(C)(C)C)c1nnc(C(C)(C)C)s1. The average molecular weight is 483 g/mol. The molecule has 0 atom stereocenters. The summed E-state index contributed by atoms with van der Waals surface area (Å²) in [6, 6.07) is 20.5. The molecule has 2 aromatic carbocycles. The Bertz CT molecular complexity index is 1020. The van der Waals surface area contributed by atoms with Crippen LogP contribution in [0.3, 0.4) is 0 Å². The van der Waals surface area contributed by atoms with Crippen LogP contribution in [0, 0.1) is 0 Å². The van der Waals surface area contributed by atoms with Crippen LogP contribution in [-0.4, -0.2) is 38.3 Å². The van der Waals surface area contributed by atoms with E-state index in [1.807, 2.05) is 36.4 Å². The third-order valence-electron chi connectivity index (χ3n) is 5.58. The van der Waals surface area contributed by atoms with Gasteiger partial charge in [-0.3, -0.25) is 4.90 Å². The lowest BCUT2D eigenvalue weighted by Crippen LogP contribution is -2.67. The molecule has 0 aliphatic rings. The van der Waals surface area contributed by atoms with Gasteiger partial charge in [0.25, 0.3) is 8.32 Å². The number of rotatable bonds is 6. The number of hydrogen-bond acceptors (Lipinski definition) is 5. The number of carbonyl (C=O) groups is 1. The number of nitrogens with zero attached hydrogens (tertiary/aromatic N) is 3. The number of nitrogens with one attached hydrogen (secondary N) is 1. The normalized spacial score (nSPS) is 12.5. The van der Waals surface area contributed by atoms with E-state index in [0.29, 0.717) is 5.13 Å². The maximum absolute atomic E-state index is 12.9. The summed E-state index contributed by atoms with van der Waals surface area (Å²) in [5, 5.41) is 15.0. The van der Waals surface area contributed by atoms with Crippen LogP contribution in [0.2, 0.25) is 5.04 Å². The minimum Gasteiger partial charge on any atom is -0.390 e. The summed E-state index contributed by atoms with van der Waals surface area (Å²) < 4.78 is 6.73. The zero-order valence-electron chi connectivity index (χ0n) is 20.5. The predicted molar refractivity (Wildman–Crippen MR) is 139 cm³/mol. The average Bonchev–Trinajstić information content (AvgIpc) is 3.27. The molecule has 8 heteroatoms. The first-order valence-electron chi connectivity index (χ1n) is 11.1. The zero-order valence-corrected chi connectivity index (χ0v) is 22.4. The van der Waals surface area contributed by atoms with Gasteiger partial charge < -0.3 is 9.74 Å². The molecule has 1 heterocycles. The third-order valence-corrected chi connectivity index (χ3v) is 12.0. The number of carbonyl (C=O) groups excluding carboxylic acids is 1. The van der Waals surface area contributed by atoms with Crippen LogP contribution >= 0.6 is 11.3 Å². The van der Waals surface area contributed by atoms with Crippen LogP contribution in [0.15, 0.2) is 60.7 Å². The van der Waals surface area contributed by atoms with E-state index in [-0.39, 0.29) is 23.2 Å². The van der Waals surface area contributed by atoms with Crippen LogP contribution in [-0.2, 0) is 9.84 Å². The summed E-state index contributed by atoms with van der Waals surface area (Å²) in [5.74, 6) is 0. The summed E-state index contributed by atoms with van der Waals surface area (Å²) in [4.78, 5) is 14.4. The van der Waals surface area contributed by atoms with E-state index in [2.05, 4.69) is 81.3 Å². The van der Waals surface area contributed by atoms with Crippen molar-refractivity contribution in [1.29, 1.82) is 0 Å². The molecule has 6 nitrogen and oxygen atoms in total. The van der Waals surface area contributed by atoms with Gasteiger partial charge in [0.05, 0.1) is 0 Å². The van der Waals surface area contributed by atoms with Gasteiger partial charge in [-0.1, -0.05) is 114 Å². The number of urea groups is 1. The number of anilines is 1. The van der Waals surface area contributed by atoms with Gasteiger partial charge in [0, 0.05) is 12.5 Å². The van der Waals surface area contributed by atoms with E-state index >= 15 is 0 Å². The number of benzene rings is 2. The zero-order chi connectivity index (χ0) is 24.3. The smallest absolute Gasteiger partial charge is 0.325 e. The van der Waals surface area contributed by atoms with Gasteiger partial charge in [-0.05, 0) is 15.4 Å². The lowest BCUT2D eigenvalue weighted by Gasteiger charge is -2.43. The summed E-state index contributed by atoms with van der Waals surface area (Å²) in [5.41, 5.74) is -0.111. The minimum absolute atomic E-state index is 0.0986. The molecule has 0 spiro atoms. The van der Waals surface area contributed by atoms with Gasteiger partial charge in [-0.2, -0.15) is 0 Å². The number of aromatic nitrogens is 2. The molecular weight excluding hydrogens is 448 g/mol. The van der Waals surface area contributed by atoms with Crippen LogP contribution < -0.4 is 20.6 Å². The first-order chi connectivity index (χ1) is 15.5. The Hall–Kier alpha value is -2.55. The van der Waals surface area contributed by atoms with Crippen LogP contribution in [0.4, 0.5) is 9.93 Å². The maximum atomic E-state index is 12.9. The van der Waals surface area contributed by atoms with Crippen molar-refractivity contribution in [3.05, 3.63) is 65.7 Å². The highest BCUT2D eigenvalue weighted by Gasteiger charge is 2.50. The molecule has 0 saturated heterocycles. The quantitative estimate of drug-likeness (QED) is 0.414. The second-order valence-corrected chi connectivity index (χ2v) is 15.4. The van der Waals surface area contributed by atoms with Crippen molar-refractivity contribution in [2.75, 3.05) is 18.7 Å². The highest BCUT2D eigenvalue weighted by Crippen LogP contribution is 2.36. The van der Waals surface area contributed by atoms with Gasteiger partial charge in [0.15, 0.2) is 0 Å². The van der Waals surface area contributed by atoms with Crippen molar-refractivity contribution in [3.8, 4) is 0 Å². The second-order valence-electron chi connectivity index (χ2n) is 10.1. The summed E-state index contributed by atoms with van der Waals surface area (Å²) in [6.07, 6.45) is 0. The van der Waals surface area contributed by atoms with Crippen LogP contribution in [0.1, 0.15) is 46.6 Å². The Labute approximate surface area is 202 Å². The van der Waals surface area contributed by atoms with E-state index in [9.17, 15) is 4.79 Å². The first-order valence-corrected chi connectivity index (χ1v) is 13.8. The van der Waals surface area contributed by atoms with E-state index in [1.165, 1.54) is 26.6 Å². The van der Waals surface area contributed by atoms with Gasteiger partial charge >= 0.3 is 6.03 Å². The van der Waals surface area contributed by atoms with Crippen molar-refractivity contribution in [3.63, 3.8) is 0 Å². The summed E-state index contributed by atoms with van der Waals surface area (Å²) in [6.45, 7) is 13.0. The van der Waals surface area contributed by atoms with E-state index < -0.39 is 8.32 Å². The maximum Gasteiger partial charge on any atom is 0.325 e. The third kappa shape index (κ3) is 5.34. The fourth-order valence-electron chi connectivity index (χ4n) is 3.83. The molecule has 0 fully saturated rings. The Morgan fingerprint density at radius 2 is 1.45 bits per heavy atom. The van der Waals surface area contributed by atoms with Gasteiger partial charge in [-0.15, -0.1) is 10.2 Å². The topological polar surface area (TPSA) is 67.4 Å². The van der Waals surface area contributed by atoms with Crippen molar-refractivity contribution < 1.29 is 9.22 Å². The minimum atomic E-state index is -2.71. The predicted octanol–water partition coefficient (Wildman–Crippen LogP) is 4.52. The Morgan fingerprint density at radius 1 is 0.939 bits per heavy atom. The second kappa shape index (κ2) is 9.75. The van der Waals surface area contributed by atoms with Crippen LogP contribution in [0.25, 0.3) is 0 Å². The first kappa shape index (κ1) is 25.1. The molecule has 176 valence electrons. The standard InChI is InChI=1S/C25H34N4O2SSi/c1-24(2,3)21-27-28-23(32-21)29(7)22(30)26-18-31-33(25(4,5)6,19-14-10-8-11-15-19)20-16-12-9-13-17-20/h8-17H,18H2,1-7H3,(H,26,30). The summed E-state index contributed by atoms with van der Waals surface area (Å²) >= 11 is 1.42. The molecule has 0 aliphatic heterocycles. The molecule has 3 aromatic rings. The largest absolute Gasteiger partial charge is 0.390 e. The number of hydrogen-bond donors (Lipinski definition) is 1. The molecule has 33 heavy (non-hydrogen) atoms. The van der Waals surface area contributed by atoms with Crippen LogP contribution in [0.5, 0.6) is 0 Å². The molecule has 0 aliphatic carbocycles. The van der Waals surface area contributed by atoms with Gasteiger partial charge in [-0.25, -0.2) is 4.79 Å². The molecule has 2 amide bonds. The van der Waals surface area contributed by atoms with Crippen molar-refractivity contribution >= 4 is 41.2 Å². The molecule has 0 unspecified atom stereocenters. The Morgan fingerprint density at radius 3 is 1.88 bits per heavy atom. The van der Waals surface area contributed by atoms with Crippen molar-refractivity contribution in [1.82, 2.24) is 15.5 Å². The number of amides is 2. The molecular formula is C25H34N4O2SSi. The fraction of sp³-hybridized carbons (Fsp3) is 0.400. The molecule has 3 rings (SSSR count). The Kier molecular flexibility index (Phi) is 7.41. The molecule has 1 N–H and O–H groups in total. The highest BCUT2D eigenvalue weighted by molar-refractivity contribution is 7.15. The van der Waals surface area contributed by atoms with E-state index in [4.69, 9.17) is 4.43 Å². The molecule has 1 aromatic heterocycles. The lowest BCUT2D eigenvalue weighted by atomic mass is 9.98. The highest BCUT2D eigenvalue weighted by atomic mass is 32.1. The molecule has 0 bridgehead atoms. The lowest BCUT2D eigenvalue weighted by molar-refractivity contribution is 0.226. The van der Waals surface area contributed by atoms with E-state index in [1.54, 1.807) is 7.05 Å². The van der Waals surface area contributed by atoms with Gasteiger partial charge in [0.1, 0.15) is 11.7 Å².